The van der Waals surface area contributed by atoms with E-state index in [2.05, 4.69) is 10.6 Å². The van der Waals surface area contributed by atoms with Crippen molar-refractivity contribution in [3.63, 3.8) is 0 Å². The molecule has 3 heterocycles. The first-order valence-corrected chi connectivity index (χ1v) is 8.09. The molecule has 120 valence electrons. The molecule has 4 rings (SSSR count). The molecule has 2 saturated heterocycles. The van der Waals surface area contributed by atoms with Gasteiger partial charge in [0.15, 0.2) is 0 Å². The Morgan fingerprint density at radius 1 is 1.22 bits per heavy atom. The van der Waals surface area contributed by atoms with Gasteiger partial charge in [0.25, 0.3) is 11.9 Å². The Kier molecular flexibility index (Phi) is 3.58. The third-order valence-electron chi connectivity index (χ3n) is 4.67. The van der Waals surface area contributed by atoms with Crippen LogP contribution < -0.4 is 15.4 Å². The van der Waals surface area contributed by atoms with Crippen molar-refractivity contribution in [2.24, 2.45) is 0 Å². The smallest absolute Gasteiger partial charge is 0.290 e. The molecule has 5 nitrogen and oxygen atoms in total. The molecular weight excluding hydrogens is 292 g/mol. The molecule has 2 bridgehead atoms. The van der Waals surface area contributed by atoms with Gasteiger partial charge in [-0.1, -0.05) is 0 Å². The number of ether oxygens (including phenoxy) is 1. The van der Waals surface area contributed by atoms with Crippen LogP contribution in [0.3, 0.4) is 0 Å². The van der Waals surface area contributed by atoms with Gasteiger partial charge in [-0.3, -0.25) is 4.79 Å². The summed E-state index contributed by atoms with van der Waals surface area (Å²) in [5.41, 5.74) is 0.649. The molecule has 5 heteroatoms. The van der Waals surface area contributed by atoms with Gasteiger partial charge < -0.3 is 19.8 Å². The van der Waals surface area contributed by atoms with Crippen LogP contribution in [0, 0.1) is 6.92 Å². The van der Waals surface area contributed by atoms with Gasteiger partial charge in [-0.05, 0) is 56.5 Å². The van der Waals surface area contributed by atoms with Crippen LogP contribution in [0.15, 0.2) is 40.8 Å². The van der Waals surface area contributed by atoms with Crippen molar-refractivity contribution in [1.29, 1.82) is 0 Å². The third kappa shape index (κ3) is 2.97. The quantitative estimate of drug-likeness (QED) is 0.911. The van der Waals surface area contributed by atoms with E-state index in [9.17, 15) is 4.79 Å². The largest absolute Gasteiger partial charge is 0.431 e. The second kappa shape index (κ2) is 5.74. The highest BCUT2D eigenvalue weighted by molar-refractivity contribution is 5.94. The molecule has 0 saturated carbocycles. The fraction of sp³-hybridized carbons (Fsp3) is 0.389. The lowest BCUT2D eigenvalue weighted by Crippen LogP contribution is -2.42. The number of rotatable bonds is 4. The topological polar surface area (TPSA) is 63.5 Å². The summed E-state index contributed by atoms with van der Waals surface area (Å²) in [7, 11) is 0. The minimum Gasteiger partial charge on any atom is -0.431 e. The van der Waals surface area contributed by atoms with Gasteiger partial charge in [-0.2, -0.15) is 0 Å². The Labute approximate surface area is 135 Å². The molecule has 0 radical (unpaired) electrons. The second-order valence-electron chi connectivity index (χ2n) is 6.35. The fourth-order valence-corrected chi connectivity index (χ4v) is 3.49. The van der Waals surface area contributed by atoms with Gasteiger partial charge in [-0.25, -0.2) is 0 Å². The molecule has 23 heavy (non-hydrogen) atoms. The number of benzene rings is 1. The van der Waals surface area contributed by atoms with Crippen molar-refractivity contribution in [2.75, 3.05) is 0 Å². The van der Waals surface area contributed by atoms with Crippen LogP contribution in [0.4, 0.5) is 0 Å². The monoisotopic (exact) mass is 312 g/mol. The van der Waals surface area contributed by atoms with E-state index in [0.717, 1.165) is 18.6 Å². The summed E-state index contributed by atoms with van der Waals surface area (Å²) in [4.78, 5) is 12.4. The van der Waals surface area contributed by atoms with Crippen LogP contribution in [-0.4, -0.2) is 24.0 Å². The van der Waals surface area contributed by atoms with Crippen molar-refractivity contribution in [3.8, 4) is 11.7 Å². The number of hydrogen-bond acceptors (Lipinski definition) is 4. The van der Waals surface area contributed by atoms with E-state index < -0.39 is 0 Å². The van der Waals surface area contributed by atoms with Crippen molar-refractivity contribution in [3.05, 3.63) is 47.7 Å². The zero-order valence-electron chi connectivity index (χ0n) is 13.0. The predicted octanol–water partition coefficient (Wildman–Crippen LogP) is 3.00. The van der Waals surface area contributed by atoms with Crippen molar-refractivity contribution in [2.45, 2.75) is 44.3 Å². The van der Waals surface area contributed by atoms with Crippen molar-refractivity contribution in [1.82, 2.24) is 10.6 Å². The highest BCUT2D eigenvalue weighted by Gasteiger charge is 2.39. The Morgan fingerprint density at radius 2 is 2.04 bits per heavy atom. The maximum Gasteiger partial charge on any atom is 0.290 e. The Bertz CT molecular complexity index is 707. The third-order valence-corrected chi connectivity index (χ3v) is 4.67. The van der Waals surface area contributed by atoms with E-state index in [0.29, 0.717) is 29.3 Å². The number of amides is 1. The van der Waals surface area contributed by atoms with Crippen LogP contribution >= 0.6 is 0 Å². The summed E-state index contributed by atoms with van der Waals surface area (Å²) in [6.45, 7) is 1.87. The minimum absolute atomic E-state index is 0.0234. The number of fused-ring (bicyclic) bond motifs is 2. The Hall–Kier alpha value is -2.27. The van der Waals surface area contributed by atoms with Crippen LogP contribution in [0.5, 0.6) is 11.7 Å². The molecular formula is C18H20N2O3. The zero-order chi connectivity index (χ0) is 15.8. The first-order valence-electron chi connectivity index (χ1n) is 8.09. The van der Waals surface area contributed by atoms with Crippen molar-refractivity contribution < 1.29 is 13.9 Å². The molecule has 2 aliphatic heterocycles. The highest BCUT2D eigenvalue weighted by atomic mass is 16.6. The van der Waals surface area contributed by atoms with E-state index in [1.54, 1.807) is 30.3 Å². The van der Waals surface area contributed by atoms with Gasteiger partial charge in [-0.15, -0.1) is 0 Å². The standard InChI is InChI=1S/C18H20N2O3/c1-11-2-9-17(22-11)23-14-6-3-12(4-7-14)18(21)20-16-10-13-5-8-15(16)19-13/h2-4,6-7,9,13,15-16,19H,5,8,10H2,1H3,(H,20,21)/t13-,15+,16-/m1/s1. The number of nitrogens with one attached hydrogen (secondary N) is 2. The van der Waals surface area contributed by atoms with Crippen LogP contribution in [0.2, 0.25) is 0 Å². The van der Waals surface area contributed by atoms with Gasteiger partial charge in [0.05, 0.1) is 0 Å². The van der Waals surface area contributed by atoms with E-state index in [4.69, 9.17) is 9.15 Å². The maximum atomic E-state index is 12.4. The number of aryl methyl sites for hydroxylation is 1. The summed E-state index contributed by atoms with van der Waals surface area (Å²) in [5, 5.41) is 6.67. The average molecular weight is 312 g/mol. The number of hydrogen-bond donors (Lipinski definition) is 2. The van der Waals surface area contributed by atoms with E-state index >= 15 is 0 Å². The lowest BCUT2D eigenvalue weighted by atomic mass is 9.95. The molecule has 2 aromatic rings. The van der Waals surface area contributed by atoms with E-state index in [1.807, 2.05) is 13.0 Å². The maximum absolute atomic E-state index is 12.4. The van der Waals surface area contributed by atoms with Crippen LogP contribution in [0.1, 0.15) is 35.4 Å². The molecule has 2 fully saturated rings. The molecule has 2 aliphatic rings. The normalized spacial score (nSPS) is 25.5. The first-order chi connectivity index (χ1) is 11.2. The van der Waals surface area contributed by atoms with Crippen molar-refractivity contribution >= 4 is 5.91 Å². The summed E-state index contributed by atoms with van der Waals surface area (Å²) in [6.07, 6.45) is 3.43. The van der Waals surface area contributed by atoms with Crippen LogP contribution in [-0.2, 0) is 0 Å². The number of carbonyl (C=O) groups is 1. The van der Waals surface area contributed by atoms with Gasteiger partial charge in [0.2, 0.25) is 0 Å². The Morgan fingerprint density at radius 3 is 2.65 bits per heavy atom. The molecule has 0 spiro atoms. The molecule has 1 aromatic carbocycles. The minimum atomic E-state index is -0.0234. The fourth-order valence-electron chi connectivity index (χ4n) is 3.49. The molecule has 0 unspecified atom stereocenters. The molecule has 3 atom stereocenters. The second-order valence-corrected chi connectivity index (χ2v) is 6.35. The lowest BCUT2D eigenvalue weighted by molar-refractivity contribution is 0.0931. The molecule has 1 aromatic heterocycles. The molecule has 1 amide bonds. The lowest BCUT2D eigenvalue weighted by Gasteiger charge is -2.21. The molecule has 0 aliphatic carbocycles. The van der Waals surface area contributed by atoms with Gasteiger partial charge in [0.1, 0.15) is 11.5 Å². The van der Waals surface area contributed by atoms with Gasteiger partial charge >= 0.3 is 0 Å². The van der Waals surface area contributed by atoms with Crippen LogP contribution in [0.25, 0.3) is 0 Å². The summed E-state index contributed by atoms with van der Waals surface area (Å²) in [6, 6.07) is 12.0. The number of carbonyl (C=O) groups excluding carboxylic acids is 1. The summed E-state index contributed by atoms with van der Waals surface area (Å²) >= 11 is 0. The Balaban J connectivity index is 1.38. The highest BCUT2D eigenvalue weighted by Crippen LogP contribution is 2.28. The van der Waals surface area contributed by atoms with E-state index in [1.165, 1.54) is 6.42 Å². The predicted molar refractivity (Wildman–Crippen MR) is 85.8 cm³/mol. The summed E-state index contributed by atoms with van der Waals surface area (Å²) in [5.74, 6) is 1.88. The average Bonchev–Trinajstić information content (AvgIpc) is 3.25. The number of furan rings is 1. The zero-order valence-corrected chi connectivity index (χ0v) is 13.0. The summed E-state index contributed by atoms with van der Waals surface area (Å²) < 4.78 is 11.0. The SMILES string of the molecule is Cc1ccc(Oc2ccc(C(=O)N[C@@H]3C[C@H]4CC[C@@H]3N4)cc2)o1. The van der Waals surface area contributed by atoms with E-state index in [-0.39, 0.29) is 11.9 Å². The molecule has 2 N–H and O–H groups in total. The van der Waals surface area contributed by atoms with Gasteiger partial charge in [0, 0.05) is 29.8 Å². The first kappa shape index (κ1) is 14.3.